The highest BCUT2D eigenvalue weighted by molar-refractivity contribution is 5.92. The molecule has 27 heavy (non-hydrogen) atoms. The summed E-state index contributed by atoms with van der Waals surface area (Å²) in [4.78, 5) is 8.55. The van der Waals surface area contributed by atoms with E-state index in [1.54, 1.807) is 6.33 Å². The number of anilines is 1. The summed E-state index contributed by atoms with van der Waals surface area (Å²) in [7, 11) is 0. The lowest BCUT2D eigenvalue weighted by Crippen LogP contribution is -2.23. The molecule has 0 aliphatic heterocycles. The fourth-order valence-electron chi connectivity index (χ4n) is 2.56. The van der Waals surface area contributed by atoms with E-state index in [4.69, 9.17) is 5.73 Å². The van der Waals surface area contributed by atoms with Gasteiger partial charge < -0.3 is 20.4 Å². The second kappa shape index (κ2) is 7.98. The third-order valence-corrected chi connectivity index (χ3v) is 3.73. The molecule has 0 aliphatic carbocycles. The van der Waals surface area contributed by atoms with Crippen molar-refractivity contribution in [1.29, 1.82) is 0 Å². The van der Waals surface area contributed by atoms with E-state index in [-0.39, 0.29) is 11.7 Å². The van der Waals surface area contributed by atoms with Crippen molar-refractivity contribution in [3.8, 4) is 5.75 Å². The number of aliphatic imine (C=N–C) groups is 1. The molecule has 6 nitrogen and oxygen atoms in total. The van der Waals surface area contributed by atoms with Crippen LogP contribution in [0.1, 0.15) is 6.42 Å². The fourth-order valence-corrected chi connectivity index (χ4v) is 2.56. The predicted molar refractivity (Wildman–Crippen MR) is 97.6 cm³/mol. The van der Waals surface area contributed by atoms with Gasteiger partial charge >= 0.3 is 6.36 Å². The number of aromatic nitrogens is 2. The molecule has 0 aliphatic rings. The number of benzene rings is 2. The lowest BCUT2D eigenvalue weighted by atomic mass is 10.3. The number of halogens is 3. The number of ether oxygens (including phenoxy) is 1. The standard InChI is InChI=1S/C18H18F3N5O/c19-18(20,21)27-14-8-6-13(7-9-14)25-17(22)23-10-3-11-26-12-24-15-4-1-2-5-16(15)26/h1-2,4-9,12H,3,10-11H2,(H3,22,23,25). The van der Waals surface area contributed by atoms with E-state index in [1.807, 2.05) is 28.8 Å². The molecule has 0 spiro atoms. The van der Waals surface area contributed by atoms with Crippen LogP contribution in [-0.4, -0.2) is 28.4 Å². The number of rotatable bonds is 6. The number of nitrogens with one attached hydrogen (secondary N) is 1. The number of aryl methyl sites for hydroxylation is 1. The Labute approximate surface area is 153 Å². The molecule has 0 amide bonds. The van der Waals surface area contributed by atoms with Crippen molar-refractivity contribution < 1.29 is 17.9 Å². The van der Waals surface area contributed by atoms with Gasteiger partial charge in [-0.25, -0.2) is 4.98 Å². The van der Waals surface area contributed by atoms with Crippen molar-refractivity contribution in [3.63, 3.8) is 0 Å². The number of para-hydroxylation sites is 2. The minimum absolute atomic E-state index is 0.190. The largest absolute Gasteiger partial charge is 0.573 e. The minimum atomic E-state index is -4.71. The second-order valence-corrected chi connectivity index (χ2v) is 5.74. The van der Waals surface area contributed by atoms with Crippen LogP contribution in [0, 0.1) is 0 Å². The van der Waals surface area contributed by atoms with Crippen LogP contribution in [0.25, 0.3) is 11.0 Å². The summed E-state index contributed by atoms with van der Waals surface area (Å²) in [5.41, 5.74) is 8.33. The molecule has 1 heterocycles. The molecule has 1 aromatic heterocycles. The highest BCUT2D eigenvalue weighted by Gasteiger charge is 2.30. The summed E-state index contributed by atoms with van der Waals surface area (Å²) in [5, 5.41) is 2.83. The average molecular weight is 377 g/mol. The first-order valence-electron chi connectivity index (χ1n) is 8.23. The third-order valence-electron chi connectivity index (χ3n) is 3.73. The zero-order chi connectivity index (χ0) is 19.3. The number of fused-ring (bicyclic) bond motifs is 1. The minimum Gasteiger partial charge on any atom is -0.406 e. The summed E-state index contributed by atoms with van der Waals surface area (Å²) >= 11 is 0. The number of nitrogens with zero attached hydrogens (tertiary/aromatic N) is 3. The van der Waals surface area contributed by atoms with Gasteiger partial charge in [0.15, 0.2) is 5.96 Å². The number of hydrogen-bond donors (Lipinski definition) is 2. The van der Waals surface area contributed by atoms with Gasteiger partial charge in [0, 0.05) is 18.8 Å². The number of guanidine groups is 1. The molecule has 0 atom stereocenters. The van der Waals surface area contributed by atoms with Crippen LogP contribution in [0.4, 0.5) is 18.9 Å². The Hall–Kier alpha value is -3.23. The first-order valence-corrected chi connectivity index (χ1v) is 8.23. The van der Waals surface area contributed by atoms with E-state index < -0.39 is 6.36 Å². The number of imidazole rings is 1. The van der Waals surface area contributed by atoms with E-state index >= 15 is 0 Å². The van der Waals surface area contributed by atoms with Crippen LogP contribution in [0.2, 0.25) is 0 Å². The molecule has 142 valence electrons. The smallest absolute Gasteiger partial charge is 0.406 e. The van der Waals surface area contributed by atoms with Gasteiger partial charge in [0.1, 0.15) is 5.75 Å². The third kappa shape index (κ3) is 5.37. The summed E-state index contributed by atoms with van der Waals surface area (Å²) in [6.07, 6.45) is -2.16. The highest BCUT2D eigenvalue weighted by Crippen LogP contribution is 2.23. The van der Waals surface area contributed by atoms with E-state index in [0.29, 0.717) is 12.2 Å². The summed E-state index contributed by atoms with van der Waals surface area (Å²) in [5.74, 6) is -0.105. The predicted octanol–water partition coefficient (Wildman–Crippen LogP) is 3.75. The number of alkyl halides is 3. The second-order valence-electron chi connectivity index (χ2n) is 5.74. The van der Waals surface area contributed by atoms with E-state index in [0.717, 1.165) is 24.0 Å². The van der Waals surface area contributed by atoms with E-state index in [1.165, 1.54) is 24.3 Å². The van der Waals surface area contributed by atoms with Gasteiger partial charge in [-0.3, -0.25) is 4.99 Å². The average Bonchev–Trinajstić information content (AvgIpc) is 3.02. The molecule has 0 radical (unpaired) electrons. The molecule has 3 aromatic rings. The summed E-state index contributed by atoms with van der Waals surface area (Å²) < 4.78 is 42.3. The molecule has 0 saturated heterocycles. The molecule has 3 rings (SSSR count). The van der Waals surface area contributed by atoms with Crippen LogP contribution < -0.4 is 15.8 Å². The van der Waals surface area contributed by atoms with Crippen molar-refractivity contribution in [1.82, 2.24) is 9.55 Å². The fraction of sp³-hybridized carbons (Fsp3) is 0.222. The Morgan fingerprint density at radius 2 is 1.89 bits per heavy atom. The van der Waals surface area contributed by atoms with Gasteiger partial charge in [-0.05, 0) is 42.8 Å². The topological polar surface area (TPSA) is 77.5 Å². The van der Waals surface area contributed by atoms with Crippen molar-refractivity contribution >= 4 is 22.7 Å². The van der Waals surface area contributed by atoms with Gasteiger partial charge in [-0.1, -0.05) is 12.1 Å². The highest BCUT2D eigenvalue weighted by atomic mass is 19.4. The van der Waals surface area contributed by atoms with Crippen molar-refractivity contribution in [2.45, 2.75) is 19.3 Å². The van der Waals surface area contributed by atoms with Crippen molar-refractivity contribution in [2.24, 2.45) is 10.7 Å². The first kappa shape index (κ1) is 18.6. The Kier molecular flexibility index (Phi) is 5.49. The maximum Gasteiger partial charge on any atom is 0.573 e. The van der Waals surface area contributed by atoms with Gasteiger partial charge in [-0.2, -0.15) is 0 Å². The maximum absolute atomic E-state index is 12.1. The Balaban J connectivity index is 1.48. The lowest BCUT2D eigenvalue weighted by Gasteiger charge is -2.10. The normalized spacial score (nSPS) is 12.3. The van der Waals surface area contributed by atoms with Gasteiger partial charge in [0.2, 0.25) is 0 Å². The Morgan fingerprint density at radius 3 is 2.63 bits per heavy atom. The van der Waals surface area contributed by atoms with Gasteiger partial charge in [0.05, 0.1) is 17.4 Å². The molecular weight excluding hydrogens is 359 g/mol. The van der Waals surface area contributed by atoms with E-state index in [2.05, 4.69) is 20.0 Å². The number of nitrogens with two attached hydrogens (primary N) is 1. The Bertz CT molecular complexity index is 919. The zero-order valence-corrected chi connectivity index (χ0v) is 14.3. The van der Waals surface area contributed by atoms with Gasteiger partial charge in [0.25, 0.3) is 0 Å². The summed E-state index contributed by atoms with van der Waals surface area (Å²) in [6, 6.07) is 13.1. The van der Waals surface area contributed by atoms with Gasteiger partial charge in [-0.15, -0.1) is 13.2 Å². The lowest BCUT2D eigenvalue weighted by molar-refractivity contribution is -0.274. The Morgan fingerprint density at radius 1 is 1.15 bits per heavy atom. The van der Waals surface area contributed by atoms with Crippen LogP contribution in [0.5, 0.6) is 5.75 Å². The van der Waals surface area contributed by atoms with Crippen molar-refractivity contribution in [3.05, 3.63) is 54.9 Å². The van der Waals surface area contributed by atoms with Crippen LogP contribution >= 0.6 is 0 Å². The molecule has 0 saturated carbocycles. The molecule has 0 unspecified atom stereocenters. The molecule has 3 N–H and O–H groups in total. The molecule has 2 aromatic carbocycles. The first-order chi connectivity index (χ1) is 12.9. The van der Waals surface area contributed by atoms with Crippen LogP contribution in [-0.2, 0) is 6.54 Å². The monoisotopic (exact) mass is 377 g/mol. The quantitative estimate of drug-likeness (QED) is 0.390. The zero-order valence-electron chi connectivity index (χ0n) is 14.3. The van der Waals surface area contributed by atoms with Crippen molar-refractivity contribution in [2.75, 3.05) is 11.9 Å². The van der Waals surface area contributed by atoms with E-state index in [9.17, 15) is 13.2 Å². The summed E-state index contributed by atoms with van der Waals surface area (Å²) in [6.45, 7) is 1.25. The van der Waals surface area contributed by atoms with Crippen LogP contribution in [0.15, 0.2) is 59.9 Å². The molecule has 9 heteroatoms. The molecule has 0 fully saturated rings. The SMILES string of the molecule is NC(=NCCCn1cnc2ccccc21)Nc1ccc(OC(F)(F)F)cc1. The maximum atomic E-state index is 12.1. The molecule has 0 bridgehead atoms. The number of hydrogen-bond acceptors (Lipinski definition) is 3. The van der Waals surface area contributed by atoms with Crippen LogP contribution in [0.3, 0.4) is 0 Å². The molecular formula is C18H18F3N5O.